The Morgan fingerprint density at radius 1 is 1.17 bits per heavy atom. The van der Waals surface area contributed by atoms with E-state index in [4.69, 9.17) is 0 Å². The van der Waals surface area contributed by atoms with Crippen LogP contribution in [-0.2, 0) is 17.9 Å². The Morgan fingerprint density at radius 2 is 2.00 bits per heavy atom. The van der Waals surface area contributed by atoms with E-state index < -0.39 is 0 Å². The lowest BCUT2D eigenvalue weighted by Crippen LogP contribution is -2.44. The van der Waals surface area contributed by atoms with Crippen molar-refractivity contribution in [2.45, 2.75) is 32.0 Å². The summed E-state index contributed by atoms with van der Waals surface area (Å²) in [5, 5.41) is 4.50. The van der Waals surface area contributed by atoms with Crippen molar-refractivity contribution in [3.63, 3.8) is 0 Å². The maximum atomic E-state index is 11.9. The average molecular weight is 324 g/mol. The molecule has 24 heavy (non-hydrogen) atoms. The second-order valence-electron chi connectivity index (χ2n) is 7.09. The zero-order chi connectivity index (χ0) is 16.5. The highest BCUT2D eigenvalue weighted by molar-refractivity contribution is 5.79. The summed E-state index contributed by atoms with van der Waals surface area (Å²) >= 11 is 0. The zero-order valence-corrected chi connectivity index (χ0v) is 14.1. The third kappa shape index (κ3) is 3.08. The smallest absolute Gasteiger partial charge is 0.222 e. The fraction of sp³-hybridized carbons (Fsp3) is 0.474. The molecule has 0 N–H and O–H groups in total. The summed E-state index contributed by atoms with van der Waals surface area (Å²) < 4.78 is 2.00. The quantitative estimate of drug-likeness (QED) is 0.864. The van der Waals surface area contributed by atoms with Gasteiger partial charge in [0.2, 0.25) is 5.91 Å². The van der Waals surface area contributed by atoms with Crippen molar-refractivity contribution in [2.75, 3.05) is 20.1 Å². The molecule has 2 saturated heterocycles. The Bertz CT molecular complexity index is 711. The third-order valence-corrected chi connectivity index (χ3v) is 5.39. The predicted octanol–water partition coefficient (Wildman–Crippen LogP) is 1.98. The minimum atomic E-state index is 0.308. The van der Waals surface area contributed by atoms with Crippen molar-refractivity contribution in [3.8, 4) is 0 Å². The van der Waals surface area contributed by atoms with E-state index in [9.17, 15) is 4.79 Å². The van der Waals surface area contributed by atoms with Crippen LogP contribution in [0.3, 0.4) is 0 Å². The first-order valence-electron chi connectivity index (χ1n) is 8.72. The number of benzene rings is 1. The highest BCUT2D eigenvalue weighted by Crippen LogP contribution is 2.31. The average Bonchev–Trinajstić information content (AvgIpc) is 3.13. The molecule has 2 aliphatic rings. The topological polar surface area (TPSA) is 41.4 Å². The van der Waals surface area contributed by atoms with Crippen LogP contribution in [0, 0.1) is 5.92 Å². The van der Waals surface area contributed by atoms with Gasteiger partial charge in [-0.1, -0.05) is 30.3 Å². The summed E-state index contributed by atoms with van der Waals surface area (Å²) in [5.74, 6) is 0.804. The molecule has 5 heteroatoms. The predicted molar refractivity (Wildman–Crippen MR) is 92.3 cm³/mol. The largest absolute Gasteiger partial charge is 0.342 e. The molecular weight excluding hydrogens is 300 g/mol. The second-order valence-corrected chi connectivity index (χ2v) is 7.09. The third-order valence-electron chi connectivity index (χ3n) is 5.39. The van der Waals surface area contributed by atoms with Gasteiger partial charge in [-0.15, -0.1) is 0 Å². The van der Waals surface area contributed by atoms with E-state index in [0.717, 1.165) is 32.6 Å². The van der Waals surface area contributed by atoms with Gasteiger partial charge in [0.25, 0.3) is 0 Å². The summed E-state index contributed by atoms with van der Waals surface area (Å²) in [6, 6.07) is 10.9. The molecule has 0 bridgehead atoms. The van der Waals surface area contributed by atoms with Crippen molar-refractivity contribution in [3.05, 3.63) is 53.9 Å². The Balaban J connectivity index is 1.36. The number of piperidine rings is 1. The number of aromatic nitrogens is 2. The summed E-state index contributed by atoms with van der Waals surface area (Å²) in [7, 11) is 1.95. The van der Waals surface area contributed by atoms with Crippen LogP contribution in [0.25, 0.3) is 0 Å². The number of likely N-dealkylation sites (tertiary alicyclic amines) is 2. The molecule has 0 radical (unpaired) electrons. The van der Waals surface area contributed by atoms with Crippen LogP contribution < -0.4 is 0 Å². The van der Waals surface area contributed by atoms with Crippen molar-refractivity contribution >= 4 is 5.91 Å². The van der Waals surface area contributed by atoms with E-state index in [1.54, 1.807) is 0 Å². The second kappa shape index (κ2) is 6.40. The maximum Gasteiger partial charge on any atom is 0.222 e. The SMILES string of the molecule is CN1C(=O)C[C@@H]2CN(Cc3cnn(Cc4ccccc4)c3)CC[C@@H]21. The molecule has 2 fully saturated rings. The molecule has 0 aliphatic carbocycles. The van der Waals surface area contributed by atoms with Crippen LogP contribution in [0.4, 0.5) is 0 Å². The van der Waals surface area contributed by atoms with Crippen molar-refractivity contribution in [1.29, 1.82) is 0 Å². The molecule has 2 atom stereocenters. The first-order chi connectivity index (χ1) is 11.7. The summed E-state index contributed by atoms with van der Waals surface area (Å²) in [6.45, 7) is 3.81. The van der Waals surface area contributed by atoms with Gasteiger partial charge in [-0.2, -0.15) is 5.10 Å². The van der Waals surface area contributed by atoms with Gasteiger partial charge < -0.3 is 4.90 Å². The van der Waals surface area contributed by atoms with E-state index in [-0.39, 0.29) is 0 Å². The molecule has 1 aromatic heterocycles. The number of nitrogens with zero attached hydrogens (tertiary/aromatic N) is 4. The van der Waals surface area contributed by atoms with Gasteiger partial charge in [-0.25, -0.2) is 0 Å². The first-order valence-corrected chi connectivity index (χ1v) is 8.72. The van der Waals surface area contributed by atoms with Gasteiger partial charge in [0.1, 0.15) is 0 Å². The fourth-order valence-corrected chi connectivity index (χ4v) is 4.11. The lowest BCUT2D eigenvalue weighted by molar-refractivity contribution is -0.127. The lowest BCUT2D eigenvalue weighted by Gasteiger charge is -2.36. The van der Waals surface area contributed by atoms with Crippen LogP contribution in [0.5, 0.6) is 0 Å². The van der Waals surface area contributed by atoms with Crippen LogP contribution >= 0.6 is 0 Å². The monoisotopic (exact) mass is 324 g/mol. The van der Waals surface area contributed by atoms with Crippen LogP contribution in [0.15, 0.2) is 42.7 Å². The molecule has 5 nitrogen and oxygen atoms in total. The molecule has 2 aliphatic heterocycles. The highest BCUT2D eigenvalue weighted by atomic mass is 16.2. The Hall–Kier alpha value is -2.14. The molecule has 0 spiro atoms. The van der Waals surface area contributed by atoms with Gasteiger partial charge in [-0.3, -0.25) is 14.4 Å². The van der Waals surface area contributed by atoms with Gasteiger partial charge in [0.05, 0.1) is 12.7 Å². The summed E-state index contributed by atoms with van der Waals surface area (Å²) in [6.07, 6.45) is 5.92. The van der Waals surface area contributed by atoms with E-state index in [0.29, 0.717) is 24.3 Å². The molecule has 0 saturated carbocycles. The normalized spacial score (nSPS) is 24.4. The Labute approximate surface area is 142 Å². The molecule has 3 heterocycles. The number of hydrogen-bond acceptors (Lipinski definition) is 3. The standard InChI is InChI=1S/C19H24N4O/c1-21-18-7-8-22(14-17(18)9-19(21)24)11-16-10-20-23(13-16)12-15-5-3-2-4-6-15/h2-6,10,13,17-18H,7-9,11-12,14H2,1H3/t17-,18+/m1/s1. The lowest BCUT2D eigenvalue weighted by atomic mass is 9.93. The fourth-order valence-electron chi connectivity index (χ4n) is 4.11. The minimum Gasteiger partial charge on any atom is -0.342 e. The number of amides is 1. The van der Waals surface area contributed by atoms with Gasteiger partial charge in [0.15, 0.2) is 0 Å². The van der Waals surface area contributed by atoms with E-state index in [1.807, 2.05) is 28.9 Å². The van der Waals surface area contributed by atoms with Crippen LogP contribution in [-0.4, -0.2) is 51.7 Å². The molecular formula is C19H24N4O. The van der Waals surface area contributed by atoms with E-state index in [2.05, 4.69) is 40.5 Å². The molecule has 4 rings (SSSR count). The Kier molecular flexibility index (Phi) is 4.10. The molecule has 1 aromatic carbocycles. The first kappa shape index (κ1) is 15.4. The maximum absolute atomic E-state index is 11.9. The van der Waals surface area contributed by atoms with E-state index >= 15 is 0 Å². The number of rotatable bonds is 4. The van der Waals surface area contributed by atoms with Crippen molar-refractivity contribution in [1.82, 2.24) is 19.6 Å². The van der Waals surface area contributed by atoms with Gasteiger partial charge >= 0.3 is 0 Å². The minimum absolute atomic E-state index is 0.308. The zero-order valence-electron chi connectivity index (χ0n) is 14.1. The van der Waals surface area contributed by atoms with Crippen molar-refractivity contribution < 1.29 is 4.79 Å². The van der Waals surface area contributed by atoms with Crippen LogP contribution in [0.1, 0.15) is 24.0 Å². The molecule has 126 valence electrons. The summed E-state index contributed by atoms with van der Waals surface area (Å²) in [4.78, 5) is 16.3. The number of carbonyl (C=O) groups excluding carboxylic acids is 1. The van der Waals surface area contributed by atoms with Crippen molar-refractivity contribution in [2.24, 2.45) is 5.92 Å². The molecule has 0 unspecified atom stereocenters. The highest BCUT2D eigenvalue weighted by Gasteiger charge is 2.40. The molecule has 1 amide bonds. The van der Waals surface area contributed by atoms with E-state index in [1.165, 1.54) is 11.1 Å². The van der Waals surface area contributed by atoms with Crippen LogP contribution in [0.2, 0.25) is 0 Å². The molecule has 2 aromatic rings. The summed E-state index contributed by atoms with van der Waals surface area (Å²) in [5.41, 5.74) is 2.52. The van der Waals surface area contributed by atoms with Gasteiger partial charge in [0, 0.05) is 56.8 Å². The number of fused-ring (bicyclic) bond motifs is 1. The number of carbonyl (C=O) groups is 1. The van der Waals surface area contributed by atoms with Gasteiger partial charge in [-0.05, 0) is 12.0 Å². The Morgan fingerprint density at radius 3 is 2.83 bits per heavy atom. The number of hydrogen-bond donors (Lipinski definition) is 0.